The molecule has 0 bridgehead atoms. The van der Waals surface area contributed by atoms with Gasteiger partial charge in [0.25, 0.3) is 0 Å². The van der Waals surface area contributed by atoms with Crippen LogP contribution in [0.1, 0.15) is 32.6 Å². The summed E-state index contributed by atoms with van der Waals surface area (Å²) in [5.74, 6) is -0.316. The molecule has 3 N–H and O–H groups in total. The Labute approximate surface area is 118 Å². The number of hydrogen-bond acceptors (Lipinski definition) is 4. The van der Waals surface area contributed by atoms with Crippen molar-refractivity contribution in [2.75, 3.05) is 25.1 Å². The SMILES string of the molecule is CCCC1(C(=O)N[C@H](CCSC)C(=O)O)CCNC1. The van der Waals surface area contributed by atoms with Gasteiger partial charge in [-0.2, -0.15) is 11.8 Å². The zero-order chi connectivity index (χ0) is 14.3. The minimum atomic E-state index is -0.944. The molecular weight excluding hydrogens is 264 g/mol. The van der Waals surface area contributed by atoms with E-state index < -0.39 is 17.4 Å². The Bertz CT molecular complexity index is 317. The predicted molar refractivity (Wildman–Crippen MR) is 77.4 cm³/mol. The van der Waals surface area contributed by atoms with Crippen LogP contribution >= 0.6 is 11.8 Å². The lowest BCUT2D eigenvalue weighted by Crippen LogP contribution is -2.49. The molecule has 0 aliphatic carbocycles. The number of carbonyl (C=O) groups is 2. The predicted octanol–water partition coefficient (Wildman–Crippen LogP) is 1.09. The Kier molecular flexibility index (Phi) is 6.65. The quantitative estimate of drug-likeness (QED) is 0.623. The molecule has 6 heteroatoms. The molecule has 0 saturated carbocycles. The highest BCUT2D eigenvalue weighted by Gasteiger charge is 2.41. The van der Waals surface area contributed by atoms with Crippen LogP contribution in [0.5, 0.6) is 0 Å². The molecule has 0 aromatic heterocycles. The maximum Gasteiger partial charge on any atom is 0.326 e. The number of carboxylic acid groups (broad SMARTS) is 1. The fourth-order valence-corrected chi connectivity index (χ4v) is 3.02. The smallest absolute Gasteiger partial charge is 0.326 e. The number of hydrogen-bond donors (Lipinski definition) is 3. The highest BCUT2D eigenvalue weighted by Crippen LogP contribution is 2.31. The molecule has 1 aliphatic rings. The van der Waals surface area contributed by atoms with Crippen molar-refractivity contribution in [3.8, 4) is 0 Å². The lowest BCUT2D eigenvalue weighted by atomic mass is 9.81. The van der Waals surface area contributed by atoms with Gasteiger partial charge >= 0.3 is 5.97 Å². The molecule has 1 rings (SSSR count). The Morgan fingerprint density at radius 3 is 2.74 bits per heavy atom. The van der Waals surface area contributed by atoms with Crippen LogP contribution in [0.3, 0.4) is 0 Å². The summed E-state index contributed by atoms with van der Waals surface area (Å²) in [5, 5.41) is 15.1. The lowest BCUT2D eigenvalue weighted by Gasteiger charge is -2.28. The van der Waals surface area contributed by atoms with Gasteiger partial charge in [-0.05, 0) is 37.8 Å². The minimum Gasteiger partial charge on any atom is -0.480 e. The van der Waals surface area contributed by atoms with E-state index in [1.54, 1.807) is 11.8 Å². The van der Waals surface area contributed by atoms with Gasteiger partial charge < -0.3 is 15.7 Å². The molecule has 0 aromatic carbocycles. The standard InChI is InChI=1S/C13H24N2O3S/c1-3-5-13(6-7-14-9-13)12(18)15-10(11(16)17)4-8-19-2/h10,14H,3-9H2,1-2H3,(H,15,18)(H,16,17)/t10-,13?/m1/s1. The van der Waals surface area contributed by atoms with Crippen molar-refractivity contribution in [1.82, 2.24) is 10.6 Å². The highest BCUT2D eigenvalue weighted by atomic mass is 32.2. The summed E-state index contributed by atoms with van der Waals surface area (Å²) in [6.07, 6.45) is 4.93. The van der Waals surface area contributed by atoms with Crippen molar-refractivity contribution in [1.29, 1.82) is 0 Å². The van der Waals surface area contributed by atoms with Crippen LogP contribution in [0.4, 0.5) is 0 Å². The van der Waals surface area contributed by atoms with Gasteiger partial charge in [0.1, 0.15) is 6.04 Å². The van der Waals surface area contributed by atoms with Crippen molar-refractivity contribution in [3.63, 3.8) is 0 Å². The molecule has 1 saturated heterocycles. The number of thioether (sulfide) groups is 1. The highest BCUT2D eigenvalue weighted by molar-refractivity contribution is 7.98. The number of carboxylic acids is 1. The van der Waals surface area contributed by atoms with E-state index in [2.05, 4.69) is 17.6 Å². The monoisotopic (exact) mass is 288 g/mol. The van der Waals surface area contributed by atoms with E-state index in [0.717, 1.165) is 31.6 Å². The molecule has 2 atom stereocenters. The Morgan fingerprint density at radius 1 is 1.53 bits per heavy atom. The van der Waals surface area contributed by atoms with Crippen LogP contribution < -0.4 is 10.6 Å². The minimum absolute atomic E-state index is 0.104. The first kappa shape index (κ1) is 16.3. The van der Waals surface area contributed by atoms with Crippen molar-refractivity contribution >= 4 is 23.6 Å². The number of nitrogens with one attached hydrogen (secondary N) is 2. The summed E-state index contributed by atoms with van der Waals surface area (Å²) >= 11 is 1.59. The topological polar surface area (TPSA) is 78.4 Å². The van der Waals surface area contributed by atoms with E-state index in [0.29, 0.717) is 13.0 Å². The largest absolute Gasteiger partial charge is 0.480 e. The zero-order valence-corrected chi connectivity index (χ0v) is 12.5. The average molecular weight is 288 g/mol. The van der Waals surface area contributed by atoms with E-state index >= 15 is 0 Å². The fourth-order valence-electron chi connectivity index (χ4n) is 2.55. The Balaban J connectivity index is 2.65. The van der Waals surface area contributed by atoms with Crippen molar-refractivity contribution in [2.45, 2.75) is 38.6 Å². The normalized spacial score (nSPS) is 24.1. The first-order valence-corrected chi connectivity index (χ1v) is 8.18. The van der Waals surface area contributed by atoms with Crippen LogP contribution in [-0.4, -0.2) is 48.1 Å². The van der Waals surface area contributed by atoms with Crippen LogP contribution in [0.25, 0.3) is 0 Å². The van der Waals surface area contributed by atoms with Gasteiger partial charge in [0.15, 0.2) is 0 Å². The third-order valence-electron chi connectivity index (χ3n) is 3.67. The summed E-state index contributed by atoms with van der Waals surface area (Å²) in [6.45, 7) is 3.53. The van der Waals surface area contributed by atoms with Gasteiger partial charge in [0, 0.05) is 6.54 Å². The molecule has 0 radical (unpaired) electrons. The molecule has 1 fully saturated rings. The van der Waals surface area contributed by atoms with E-state index in [-0.39, 0.29) is 5.91 Å². The number of aliphatic carboxylic acids is 1. The molecule has 0 spiro atoms. The Hall–Kier alpha value is -0.750. The van der Waals surface area contributed by atoms with Crippen molar-refractivity contribution in [2.24, 2.45) is 5.41 Å². The Morgan fingerprint density at radius 2 is 2.26 bits per heavy atom. The molecule has 1 aliphatic heterocycles. The third-order valence-corrected chi connectivity index (χ3v) is 4.31. The maximum absolute atomic E-state index is 12.4. The number of rotatable bonds is 8. The second-order valence-corrected chi connectivity index (χ2v) is 6.09. The summed E-state index contributed by atoms with van der Waals surface area (Å²) in [4.78, 5) is 23.6. The molecule has 1 amide bonds. The summed E-state index contributed by atoms with van der Waals surface area (Å²) < 4.78 is 0. The third kappa shape index (κ3) is 4.38. The van der Waals surface area contributed by atoms with Crippen LogP contribution in [-0.2, 0) is 9.59 Å². The second-order valence-electron chi connectivity index (χ2n) is 5.10. The van der Waals surface area contributed by atoms with Crippen molar-refractivity contribution in [3.05, 3.63) is 0 Å². The molecule has 19 heavy (non-hydrogen) atoms. The van der Waals surface area contributed by atoms with E-state index in [1.807, 2.05) is 6.26 Å². The number of carbonyl (C=O) groups excluding carboxylic acids is 1. The first-order chi connectivity index (χ1) is 9.05. The van der Waals surface area contributed by atoms with Crippen LogP contribution in [0, 0.1) is 5.41 Å². The van der Waals surface area contributed by atoms with Crippen molar-refractivity contribution < 1.29 is 14.7 Å². The van der Waals surface area contributed by atoms with Gasteiger partial charge in [0.2, 0.25) is 5.91 Å². The van der Waals surface area contributed by atoms with Crippen LogP contribution in [0.2, 0.25) is 0 Å². The summed E-state index contributed by atoms with van der Waals surface area (Å²) in [5.41, 5.74) is -0.415. The van der Waals surface area contributed by atoms with E-state index in [4.69, 9.17) is 5.11 Å². The molecule has 1 unspecified atom stereocenters. The maximum atomic E-state index is 12.4. The summed E-state index contributed by atoms with van der Waals surface area (Å²) in [7, 11) is 0. The van der Waals surface area contributed by atoms with Gasteiger partial charge in [-0.1, -0.05) is 13.3 Å². The van der Waals surface area contributed by atoms with E-state index in [9.17, 15) is 9.59 Å². The first-order valence-electron chi connectivity index (χ1n) is 6.79. The van der Waals surface area contributed by atoms with Gasteiger partial charge in [0.05, 0.1) is 5.41 Å². The second kappa shape index (κ2) is 7.75. The van der Waals surface area contributed by atoms with Gasteiger partial charge in [-0.15, -0.1) is 0 Å². The van der Waals surface area contributed by atoms with E-state index in [1.165, 1.54) is 0 Å². The number of amides is 1. The molecular formula is C13H24N2O3S. The summed E-state index contributed by atoms with van der Waals surface area (Å²) in [6, 6.07) is -0.769. The van der Waals surface area contributed by atoms with Gasteiger partial charge in [-0.3, -0.25) is 4.79 Å². The average Bonchev–Trinajstić information content (AvgIpc) is 2.84. The fraction of sp³-hybridized carbons (Fsp3) is 0.846. The molecule has 1 heterocycles. The molecule has 5 nitrogen and oxygen atoms in total. The van der Waals surface area contributed by atoms with Crippen LogP contribution in [0.15, 0.2) is 0 Å². The van der Waals surface area contributed by atoms with Gasteiger partial charge in [-0.25, -0.2) is 4.79 Å². The molecule has 0 aromatic rings. The molecule has 110 valence electrons. The lowest BCUT2D eigenvalue weighted by molar-refractivity contribution is -0.143. The zero-order valence-electron chi connectivity index (χ0n) is 11.7.